The molecular weight excluding hydrogens is 186 g/mol. The SMILES string of the molecule is CCCn1ccc(CNCC(C)C#N)c1. The highest BCUT2D eigenvalue weighted by Gasteiger charge is 1.99. The molecule has 1 aromatic rings. The van der Waals surface area contributed by atoms with Crippen LogP contribution in [-0.4, -0.2) is 11.1 Å². The Morgan fingerprint density at radius 1 is 1.60 bits per heavy atom. The largest absolute Gasteiger partial charge is 0.354 e. The Hall–Kier alpha value is -1.27. The third kappa shape index (κ3) is 4.18. The Labute approximate surface area is 91.7 Å². The lowest BCUT2D eigenvalue weighted by molar-refractivity contribution is 0.600. The molecule has 1 heterocycles. The molecule has 0 aromatic carbocycles. The predicted molar refractivity (Wildman–Crippen MR) is 61.2 cm³/mol. The highest BCUT2D eigenvalue weighted by molar-refractivity contribution is 5.09. The number of hydrogen-bond acceptors (Lipinski definition) is 2. The number of aryl methyl sites for hydroxylation is 1. The smallest absolute Gasteiger partial charge is 0.0666 e. The molecule has 0 saturated heterocycles. The van der Waals surface area contributed by atoms with Gasteiger partial charge in [0.2, 0.25) is 0 Å². The van der Waals surface area contributed by atoms with E-state index in [1.54, 1.807) is 0 Å². The van der Waals surface area contributed by atoms with Gasteiger partial charge in [0, 0.05) is 32.0 Å². The van der Waals surface area contributed by atoms with E-state index >= 15 is 0 Å². The molecule has 1 rings (SSSR count). The molecule has 1 N–H and O–H groups in total. The Morgan fingerprint density at radius 2 is 2.40 bits per heavy atom. The minimum Gasteiger partial charge on any atom is -0.354 e. The molecule has 0 bridgehead atoms. The summed E-state index contributed by atoms with van der Waals surface area (Å²) in [6.07, 6.45) is 5.43. The van der Waals surface area contributed by atoms with E-state index in [9.17, 15) is 0 Å². The van der Waals surface area contributed by atoms with Crippen molar-refractivity contribution >= 4 is 0 Å². The lowest BCUT2D eigenvalue weighted by Crippen LogP contribution is -2.19. The van der Waals surface area contributed by atoms with Gasteiger partial charge in [0.15, 0.2) is 0 Å². The van der Waals surface area contributed by atoms with Crippen LogP contribution in [0.25, 0.3) is 0 Å². The highest BCUT2D eigenvalue weighted by Crippen LogP contribution is 2.02. The van der Waals surface area contributed by atoms with Crippen LogP contribution in [0.15, 0.2) is 18.5 Å². The summed E-state index contributed by atoms with van der Waals surface area (Å²) in [5, 5.41) is 11.9. The van der Waals surface area contributed by atoms with E-state index in [1.807, 2.05) is 6.92 Å². The van der Waals surface area contributed by atoms with E-state index in [2.05, 4.69) is 41.3 Å². The van der Waals surface area contributed by atoms with Gasteiger partial charge in [-0.25, -0.2) is 0 Å². The molecule has 0 radical (unpaired) electrons. The molecule has 0 amide bonds. The molecule has 15 heavy (non-hydrogen) atoms. The van der Waals surface area contributed by atoms with Gasteiger partial charge >= 0.3 is 0 Å². The van der Waals surface area contributed by atoms with Gasteiger partial charge in [0.05, 0.1) is 12.0 Å². The van der Waals surface area contributed by atoms with Crippen LogP contribution in [0.4, 0.5) is 0 Å². The van der Waals surface area contributed by atoms with E-state index in [0.717, 1.165) is 26.1 Å². The molecule has 1 unspecified atom stereocenters. The molecule has 0 saturated carbocycles. The van der Waals surface area contributed by atoms with Crippen molar-refractivity contribution in [2.75, 3.05) is 6.54 Å². The van der Waals surface area contributed by atoms with E-state index in [4.69, 9.17) is 5.26 Å². The summed E-state index contributed by atoms with van der Waals surface area (Å²) in [6.45, 7) is 6.79. The zero-order chi connectivity index (χ0) is 11.1. The zero-order valence-corrected chi connectivity index (χ0v) is 9.53. The molecule has 0 aliphatic carbocycles. The van der Waals surface area contributed by atoms with Crippen LogP contribution in [0.5, 0.6) is 0 Å². The van der Waals surface area contributed by atoms with Crippen molar-refractivity contribution in [3.63, 3.8) is 0 Å². The number of rotatable bonds is 6. The van der Waals surface area contributed by atoms with Gasteiger partial charge in [0.25, 0.3) is 0 Å². The summed E-state index contributed by atoms with van der Waals surface area (Å²) in [4.78, 5) is 0. The molecule has 0 fully saturated rings. The second kappa shape index (κ2) is 6.26. The standard InChI is InChI=1S/C12H19N3/c1-3-5-15-6-4-12(10-15)9-14-8-11(2)7-13/h4,6,10-11,14H,3,5,8-9H2,1-2H3. The topological polar surface area (TPSA) is 40.8 Å². The van der Waals surface area contributed by atoms with Crippen molar-refractivity contribution in [3.8, 4) is 6.07 Å². The van der Waals surface area contributed by atoms with Crippen LogP contribution in [0.2, 0.25) is 0 Å². The van der Waals surface area contributed by atoms with E-state index in [0.29, 0.717) is 0 Å². The van der Waals surface area contributed by atoms with Crippen molar-refractivity contribution in [1.82, 2.24) is 9.88 Å². The van der Waals surface area contributed by atoms with E-state index < -0.39 is 0 Å². The fraction of sp³-hybridized carbons (Fsp3) is 0.583. The van der Waals surface area contributed by atoms with Crippen molar-refractivity contribution in [2.45, 2.75) is 33.4 Å². The van der Waals surface area contributed by atoms with E-state index in [1.165, 1.54) is 5.56 Å². The van der Waals surface area contributed by atoms with Crippen LogP contribution in [0, 0.1) is 17.2 Å². The van der Waals surface area contributed by atoms with Crippen molar-refractivity contribution in [3.05, 3.63) is 24.0 Å². The number of nitriles is 1. The maximum absolute atomic E-state index is 8.61. The summed E-state index contributed by atoms with van der Waals surface area (Å²) < 4.78 is 2.20. The summed E-state index contributed by atoms with van der Waals surface area (Å²) >= 11 is 0. The maximum atomic E-state index is 8.61. The fourth-order valence-electron chi connectivity index (χ4n) is 1.47. The number of nitrogens with zero attached hydrogens (tertiary/aromatic N) is 2. The average Bonchev–Trinajstić information content (AvgIpc) is 2.66. The van der Waals surface area contributed by atoms with E-state index in [-0.39, 0.29) is 5.92 Å². The number of nitrogens with one attached hydrogen (secondary N) is 1. The van der Waals surface area contributed by atoms with Gasteiger partial charge in [-0.3, -0.25) is 0 Å². The van der Waals surface area contributed by atoms with Gasteiger partial charge < -0.3 is 9.88 Å². The summed E-state index contributed by atoms with van der Waals surface area (Å²) in [5.41, 5.74) is 1.29. The first-order valence-corrected chi connectivity index (χ1v) is 5.51. The van der Waals surface area contributed by atoms with Gasteiger partial charge in [0.1, 0.15) is 0 Å². The van der Waals surface area contributed by atoms with Crippen LogP contribution >= 0.6 is 0 Å². The van der Waals surface area contributed by atoms with Crippen molar-refractivity contribution < 1.29 is 0 Å². The highest BCUT2D eigenvalue weighted by atomic mass is 14.9. The molecule has 0 aliphatic rings. The normalized spacial score (nSPS) is 12.3. The Bertz CT molecular complexity index is 322. The third-order valence-corrected chi connectivity index (χ3v) is 2.29. The lowest BCUT2D eigenvalue weighted by atomic mass is 10.2. The molecular formula is C12H19N3. The quantitative estimate of drug-likeness (QED) is 0.773. The molecule has 0 aliphatic heterocycles. The zero-order valence-electron chi connectivity index (χ0n) is 9.53. The minimum atomic E-state index is 0.0859. The second-order valence-electron chi connectivity index (χ2n) is 3.92. The summed E-state index contributed by atoms with van der Waals surface area (Å²) in [5.74, 6) is 0.0859. The van der Waals surface area contributed by atoms with Crippen LogP contribution < -0.4 is 5.32 Å². The van der Waals surface area contributed by atoms with Crippen molar-refractivity contribution in [2.24, 2.45) is 5.92 Å². The molecule has 82 valence electrons. The monoisotopic (exact) mass is 205 g/mol. The van der Waals surface area contributed by atoms with Gasteiger partial charge in [-0.2, -0.15) is 5.26 Å². The Morgan fingerprint density at radius 3 is 3.07 bits per heavy atom. The summed E-state index contributed by atoms with van der Waals surface area (Å²) in [7, 11) is 0. The molecule has 1 atom stereocenters. The third-order valence-electron chi connectivity index (χ3n) is 2.29. The van der Waals surface area contributed by atoms with Crippen LogP contribution in [0.3, 0.4) is 0 Å². The van der Waals surface area contributed by atoms with Gasteiger partial charge in [-0.1, -0.05) is 6.92 Å². The Kier molecular flexibility index (Phi) is 4.92. The minimum absolute atomic E-state index is 0.0859. The second-order valence-corrected chi connectivity index (χ2v) is 3.92. The first-order chi connectivity index (χ1) is 7.26. The van der Waals surface area contributed by atoms with Gasteiger partial charge in [-0.15, -0.1) is 0 Å². The summed E-state index contributed by atoms with van der Waals surface area (Å²) in [6, 6.07) is 4.33. The number of aromatic nitrogens is 1. The fourth-order valence-corrected chi connectivity index (χ4v) is 1.47. The number of hydrogen-bond donors (Lipinski definition) is 1. The molecule has 1 aromatic heterocycles. The molecule has 0 spiro atoms. The van der Waals surface area contributed by atoms with Gasteiger partial charge in [-0.05, 0) is 25.0 Å². The molecule has 3 heteroatoms. The van der Waals surface area contributed by atoms with Crippen LogP contribution in [-0.2, 0) is 13.1 Å². The predicted octanol–water partition coefficient (Wildman–Crippen LogP) is 2.15. The maximum Gasteiger partial charge on any atom is 0.0666 e. The lowest BCUT2D eigenvalue weighted by Gasteiger charge is -2.04. The van der Waals surface area contributed by atoms with Crippen LogP contribution in [0.1, 0.15) is 25.8 Å². The first kappa shape index (κ1) is 11.8. The Balaban J connectivity index is 2.29. The van der Waals surface area contributed by atoms with Crippen molar-refractivity contribution in [1.29, 1.82) is 5.26 Å². The first-order valence-electron chi connectivity index (χ1n) is 5.51. The molecule has 3 nitrogen and oxygen atoms in total. The average molecular weight is 205 g/mol.